The van der Waals surface area contributed by atoms with Crippen LogP contribution in [0.15, 0.2) is 206 Å². The minimum absolute atomic E-state index is 0.516. The Bertz CT molecular complexity index is 3130. The molecule has 0 atom stereocenters. The Morgan fingerprint density at radius 1 is 0.439 bits per heavy atom. The summed E-state index contributed by atoms with van der Waals surface area (Å²) in [5.74, 6) is 0. The highest BCUT2D eigenvalue weighted by Gasteiger charge is 2.47. The normalized spacial score (nSPS) is 12.7. The molecule has 3 heteroatoms. The third-order valence-corrected chi connectivity index (χ3v) is 13.1. The number of thiophene rings is 1. The number of nitriles is 1. The lowest BCUT2D eigenvalue weighted by molar-refractivity contribution is 0.768. The Balaban J connectivity index is 1.21. The molecular formula is C54H34N2S. The van der Waals surface area contributed by atoms with Gasteiger partial charge in [0.25, 0.3) is 0 Å². The van der Waals surface area contributed by atoms with E-state index in [1.165, 1.54) is 64.3 Å². The molecule has 266 valence electrons. The van der Waals surface area contributed by atoms with Gasteiger partial charge in [-0.05, 0) is 86.1 Å². The van der Waals surface area contributed by atoms with Gasteiger partial charge in [-0.2, -0.15) is 5.26 Å². The lowest BCUT2D eigenvalue weighted by atomic mass is 9.68. The van der Waals surface area contributed by atoms with Gasteiger partial charge in [-0.1, -0.05) is 170 Å². The summed E-state index contributed by atoms with van der Waals surface area (Å²) in [4.78, 5) is 2.49. The van der Waals surface area contributed by atoms with Crippen LogP contribution in [0.4, 0.5) is 17.1 Å². The highest BCUT2D eigenvalue weighted by Crippen LogP contribution is 2.60. The predicted octanol–water partition coefficient (Wildman–Crippen LogP) is 14.6. The van der Waals surface area contributed by atoms with Crippen LogP contribution in [-0.2, 0) is 5.41 Å². The minimum Gasteiger partial charge on any atom is -0.308 e. The van der Waals surface area contributed by atoms with Gasteiger partial charge >= 0.3 is 0 Å². The van der Waals surface area contributed by atoms with Crippen molar-refractivity contribution in [1.29, 1.82) is 5.26 Å². The molecule has 1 aromatic heterocycles. The predicted molar refractivity (Wildman–Crippen MR) is 239 cm³/mol. The second-order valence-electron chi connectivity index (χ2n) is 14.7. The molecule has 0 fully saturated rings. The van der Waals surface area contributed by atoms with Crippen LogP contribution in [0.5, 0.6) is 0 Å². The van der Waals surface area contributed by atoms with E-state index >= 15 is 0 Å². The summed E-state index contributed by atoms with van der Waals surface area (Å²) in [6.07, 6.45) is 0. The molecule has 0 radical (unpaired) electrons. The first kappa shape index (κ1) is 33.1. The fourth-order valence-electron chi connectivity index (χ4n) is 9.30. The van der Waals surface area contributed by atoms with Crippen molar-refractivity contribution in [3.63, 3.8) is 0 Å². The van der Waals surface area contributed by atoms with Gasteiger partial charge in [0, 0.05) is 26.7 Å². The summed E-state index contributed by atoms with van der Waals surface area (Å²) >= 11 is 1.88. The van der Waals surface area contributed by atoms with E-state index in [9.17, 15) is 5.26 Å². The maximum atomic E-state index is 9.42. The van der Waals surface area contributed by atoms with Crippen molar-refractivity contribution in [2.45, 2.75) is 5.41 Å². The Morgan fingerprint density at radius 2 is 1.02 bits per heavy atom. The van der Waals surface area contributed by atoms with Crippen LogP contribution in [0.1, 0.15) is 27.8 Å². The second kappa shape index (κ2) is 13.2. The average molecular weight is 743 g/mol. The molecule has 0 saturated heterocycles. The molecule has 0 bridgehead atoms. The Morgan fingerprint density at radius 3 is 1.75 bits per heavy atom. The number of hydrogen-bond donors (Lipinski definition) is 0. The highest BCUT2D eigenvalue weighted by molar-refractivity contribution is 7.27. The van der Waals surface area contributed by atoms with Crippen molar-refractivity contribution in [3.8, 4) is 28.3 Å². The molecule has 11 rings (SSSR count). The molecule has 1 aliphatic carbocycles. The maximum absolute atomic E-state index is 9.42. The number of benzene rings is 9. The molecule has 0 aliphatic heterocycles. The first-order valence-corrected chi connectivity index (χ1v) is 20.1. The molecule has 0 spiro atoms. The molecule has 0 N–H and O–H groups in total. The lowest BCUT2D eigenvalue weighted by Crippen LogP contribution is -2.28. The average Bonchev–Trinajstić information content (AvgIpc) is 3.83. The zero-order valence-corrected chi connectivity index (χ0v) is 31.7. The lowest BCUT2D eigenvalue weighted by Gasteiger charge is -2.34. The van der Waals surface area contributed by atoms with Crippen LogP contribution in [0, 0.1) is 11.3 Å². The Hall–Kier alpha value is -7.25. The first-order valence-electron chi connectivity index (χ1n) is 19.3. The topological polar surface area (TPSA) is 27.0 Å². The zero-order valence-electron chi connectivity index (χ0n) is 30.9. The van der Waals surface area contributed by atoms with Crippen LogP contribution in [0.2, 0.25) is 0 Å². The van der Waals surface area contributed by atoms with E-state index in [4.69, 9.17) is 0 Å². The van der Waals surface area contributed by atoms with Gasteiger partial charge in [0.2, 0.25) is 0 Å². The fourth-order valence-corrected chi connectivity index (χ4v) is 10.6. The molecule has 2 nitrogen and oxygen atoms in total. The molecule has 10 aromatic rings. The van der Waals surface area contributed by atoms with E-state index in [1.807, 2.05) is 35.6 Å². The van der Waals surface area contributed by atoms with Crippen molar-refractivity contribution in [2.75, 3.05) is 4.90 Å². The van der Waals surface area contributed by atoms with Gasteiger partial charge in [0.1, 0.15) is 0 Å². The van der Waals surface area contributed by atoms with Crippen LogP contribution < -0.4 is 4.90 Å². The van der Waals surface area contributed by atoms with Gasteiger partial charge < -0.3 is 4.90 Å². The largest absolute Gasteiger partial charge is 0.308 e. The quantitative estimate of drug-likeness (QED) is 0.170. The van der Waals surface area contributed by atoms with Gasteiger partial charge in [0.15, 0.2) is 0 Å². The van der Waals surface area contributed by atoms with Crippen LogP contribution in [0.3, 0.4) is 0 Å². The van der Waals surface area contributed by atoms with Gasteiger partial charge in [-0.25, -0.2) is 0 Å². The van der Waals surface area contributed by atoms with Crippen LogP contribution in [-0.4, -0.2) is 0 Å². The third kappa shape index (κ3) is 5.02. The van der Waals surface area contributed by atoms with Gasteiger partial charge in [-0.3, -0.25) is 0 Å². The summed E-state index contributed by atoms with van der Waals surface area (Å²) in [6, 6.07) is 77.0. The molecule has 0 amide bonds. The summed E-state index contributed by atoms with van der Waals surface area (Å²) in [7, 11) is 0. The zero-order chi connectivity index (χ0) is 37.9. The SMILES string of the molecule is N#Cc1ccc(-c2ccc(N(c3cccc4c3-c3ccccc3C4(c3ccccc3)c3ccccc3)c3cccc4c3sc3c5ccccc5ccc43)cc2)cc1. The molecule has 57 heavy (non-hydrogen) atoms. The Labute approximate surface area is 335 Å². The minimum atomic E-state index is -0.516. The molecule has 0 unspecified atom stereocenters. The number of nitrogens with zero attached hydrogens (tertiary/aromatic N) is 2. The Kier molecular flexibility index (Phi) is 7.67. The molecule has 1 aliphatic rings. The number of fused-ring (bicyclic) bond motifs is 8. The number of anilines is 3. The highest BCUT2D eigenvalue weighted by atomic mass is 32.1. The van der Waals surface area contributed by atoms with Crippen LogP contribution >= 0.6 is 11.3 Å². The van der Waals surface area contributed by atoms with Gasteiger partial charge in [0.05, 0.1) is 33.1 Å². The molecule has 9 aromatic carbocycles. The van der Waals surface area contributed by atoms with Gasteiger partial charge in [-0.15, -0.1) is 11.3 Å². The number of hydrogen-bond acceptors (Lipinski definition) is 3. The summed E-state index contributed by atoms with van der Waals surface area (Å²) in [5.41, 5.74) is 13.2. The summed E-state index contributed by atoms with van der Waals surface area (Å²) in [6.45, 7) is 0. The molecular weight excluding hydrogens is 709 g/mol. The molecule has 1 heterocycles. The standard InChI is InChI=1S/C54H34N2S/c55-35-36-25-27-37(28-26-36)38-29-32-42(33-30-38)56(50-24-11-20-44-45-34-31-39-13-7-8-18-43(39)52(45)57-53(44)50)49-23-12-22-48-51(49)46-19-9-10-21-47(46)54(48,40-14-3-1-4-15-40)41-16-5-2-6-17-41/h1-34H. The number of rotatable bonds is 6. The van der Waals surface area contributed by atoms with E-state index in [2.05, 4.69) is 193 Å². The monoisotopic (exact) mass is 742 g/mol. The third-order valence-electron chi connectivity index (χ3n) is 11.8. The van der Waals surface area contributed by atoms with Crippen molar-refractivity contribution in [1.82, 2.24) is 0 Å². The summed E-state index contributed by atoms with van der Waals surface area (Å²) < 4.78 is 2.56. The van der Waals surface area contributed by atoms with E-state index in [0.29, 0.717) is 5.56 Å². The van der Waals surface area contributed by atoms with Crippen LogP contribution in [0.25, 0.3) is 53.2 Å². The van der Waals surface area contributed by atoms with Crippen molar-refractivity contribution in [2.24, 2.45) is 0 Å². The van der Waals surface area contributed by atoms with E-state index in [0.717, 1.165) is 28.2 Å². The second-order valence-corrected chi connectivity index (χ2v) is 15.7. The van der Waals surface area contributed by atoms with Crippen molar-refractivity contribution >= 4 is 59.3 Å². The van der Waals surface area contributed by atoms with E-state index < -0.39 is 5.41 Å². The molecule has 0 saturated carbocycles. The smallest absolute Gasteiger partial charge is 0.0991 e. The summed E-state index contributed by atoms with van der Waals surface area (Å²) in [5, 5.41) is 14.5. The maximum Gasteiger partial charge on any atom is 0.0991 e. The fraction of sp³-hybridized carbons (Fsp3) is 0.0185. The van der Waals surface area contributed by atoms with Crippen molar-refractivity contribution < 1.29 is 0 Å². The van der Waals surface area contributed by atoms with E-state index in [1.54, 1.807) is 0 Å². The first-order chi connectivity index (χ1) is 28.2. The van der Waals surface area contributed by atoms with E-state index in [-0.39, 0.29) is 0 Å². The van der Waals surface area contributed by atoms with Crippen molar-refractivity contribution in [3.05, 3.63) is 234 Å².